The zero-order chi connectivity index (χ0) is 47.9. The van der Waals surface area contributed by atoms with Crippen LogP contribution in [0.4, 0.5) is 0 Å². The molecule has 0 N–H and O–H groups in total. The highest BCUT2D eigenvalue weighted by Crippen LogP contribution is 2.12. The summed E-state index contributed by atoms with van der Waals surface area (Å²) in [7, 11) is 0. The Morgan fingerprint density at radius 3 is 1.23 bits per heavy atom. The van der Waals surface area contributed by atoms with E-state index in [0.717, 1.165) is 89.9 Å². The Bertz CT molecular complexity index is 1510. The zero-order valence-corrected chi connectivity index (χ0v) is 41.9. The topological polar surface area (TPSA) is 78.9 Å². The summed E-state index contributed by atoms with van der Waals surface area (Å²) in [6, 6.07) is 0. The summed E-state index contributed by atoms with van der Waals surface area (Å²) in [5, 5.41) is 0. The number of ether oxygens (including phenoxy) is 3. The van der Waals surface area contributed by atoms with Gasteiger partial charge < -0.3 is 14.2 Å². The van der Waals surface area contributed by atoms with Crippen molar-refractivity contribution in [1.82, 2.24) is 0 Å². The Hall–Kier alpha value is -4.71. The van der Waals surface area contributed by atoms with Crippen LogP contribution in [0.2, 0.25) is 0 Å². The molecule has 0 saturated heterocycles. The van der Waals surface area contributed by atoms with Crippen molar-refractivity contribution in [2.24, 2.45) is 0 Å². The summed E-state index contributed by atoms with van der Waals surface area (Å²) in [4.78, 5) is 37.9. The summed E-state index contributed by atoms with van der Waals surface area (Å²) in [6.45, 7) is 6.21. The van der Waals surface area contributed by atoms with Gasteiger partial charge in [-0.2, -0.15) is 0 Å². The molecule has 0 aromatic carbocycles. The van der Waals surface area contributed by atoms with Crippen LogP contribution in [0.25, 0.3) is 0 Å². The van der Waals surface area contributed by atoms with Gasteiger partial charge in [0.05, 0.1) is 0 Å². The van der Waals surface area contributed by atoms with Crippen LogP contribution >= 0.6 is 0 Å². The molecule has 1 atom stereocenters. The molecular weight excluding hydrogens is 817 g/mol. The third-order valence-electron chi connectivity index (χ3n) is 10.2. The third-order valence-corrected chi connectivity index (χ3v) is 10.2. The van der Waals surface area contributed by atoms with Gasteiger partial charge in [-0.05, 0) is 96.3 Å². The monoisotopic (exact) mass is 909 g/mol. The van der Waals surface area contributed by atoms with Crippen molar-refractivity contribution >= 4 is 17.9 Å². The molecule has 6 nitrogen and oxygen atoms in total. The van der Waals surface area contributed by atoms with Gasteiger partial charge in [-0.25, -0.2) is 0 Å². The second-order valence-corrected chi connectivity index (χ2v) is 16.4. The highest BCUT2D eigenvalue weighted by atomic mass is 16.6. The van der Waals surface area contributed by atoms with Crippen LogP contribution < -0.4 is 0 Å². The minimum Gasteiger partial charge on any atom is -0.462 e. The van der Waals surface area contributed by atoms with E-state index in [9.17, 15) is 14.4 Å². The van der Waals surface area contributed by atoms with E-state index in [4.69, 9.17) is 14.2 Å². The quantitative estimate of drug-likeness (QED) is 0.0199. The Balaban J connectivity index is 4.62. The molecule has 0 aliphatic carbocycles. The number of allylic oxidation sites excluding steroid dienone is 24. The fraction of sp³-hybridized carbons (Fsp3) is 0.550. The minimum absolute atomic E-state index is 0.148. The van der Waals surface area contributed by atoms with Crippen molar-refractivity contribution in [2.45, 2.75) is 200 Å². The number of carbonyl (C=O) groups excluding carboxylic acids is 3. The molecule has 0 bridgehead atoms. The van der Waals surface area contributed by atoms with E-state index in [1.807, 2.05) is 66.8 Å². The number of esters is 3. The van der Waals surface area contributed by atoms with Gasteiger partial charge in [-0.1, -0.05) is 224 Å². The van der Waals surface area contributed by atoms with Crippen molar-refractivity contribution in [3.8, 4) is 0 Å². The first kappa shape index (κ1) is 61.3. The van der Waals surface area contributed by atoms with Crippen LogP contribution in [-0.4, -0.2) is 37.2 Å². The minimum atomic E-state index is -0.847. The fourth-order valence-corrected chi connectivity index (χ4v) is 6.37. The van der Waals surface area contributed by atoms with Gasteiger partial charge in [0, 0.05) is 19.3 Å². The average Bonchev–Trinajstić information content (AvgIpc) is 3.31. The molecule has 0 aliphatic heterocycles. The number of rotatable bonds is 44. The summed E-state index contributed by atoms with van der Waals surface area (Å²) < 4.78 is 16.6. The molecule has 0 spiro atoms. The molecule has 0 aromatic rings. The van der Waals surface area contributed by atoms with Crippen LogP contribution in [0, 0.1) is 0 Å². The van der Waals surface area contributed by atoms with E-state index in [1.165, 1.54) is 51.4 Å². The SMILES string of the molecule is CC/C=C/C=C/C=C/C=C/C=C/CCCC(=O)OCC(COC(=O)CC/C=C/C/C=C/C/C=C/C/C=C/C/C=C/C/C=C/CC)OC(=O)CCCCCCC/C=C/CCCCCCCCC. The van der Waals surface area contributed by atoms with Crippen LogP contribution in [0.3, 0.4) is 0 Å². The van der Waals surface area contributed by atoms with E-state index in [-0.39, 0.29) is 50.4 Å². The highest BCUT2D eigenvalue weighted by molar-refractivity contribution is 5.71. The first-order valence-corrected chi connectivity index (χ1v) is 25.9. The van der Waals surface area contributed by atoms with Crippen molar-refractivity contribution in [2.75, 3.05) is 13.2 Å². The molecule has 0 heterocycles. The van der Waals surface area contributed by atoms with Gasteiger partial charge in [0.2, 0.25) is 0 Å². The predicted octanol–water partition coefficient (Wildman–Crippen LogP) is 17.3. The Morgan fingerprint density at radius 1 is 0.333 bits per heavy atom. The second-order valence-electron chi connectivity index (χ2n) is 16.4. The largest absolute Gasteiger partial charge is 0.462 e. The first-order valence-electron chi connectivity index (χ1n) is 25.9. The zero-order valence-electron chi connectivity index (χ0n) is 41.9. The Labute approximate surface area is 404 Å². The molecule has 66 heavy (non-hydrogen) atoms. The molecule has 0 aliphatic rings. The number of hydrogen-bond acceptors (Lipinski definition) is 6. The van der Waals surface area contributed by atoms with Gasteiger partial charge in [0.25, 0.3) is 0 Å². The van der Waals surface area contributed by atoms with E-state index < -0.39 is 6.10 Å². The summed E-state index contributed by atoms with van der Waals surface area (Å²) in [5.41, 5.74) is 0. The third kappa shape index (κ3) is 50.3. The van der Waals surface area contributed by atoms with Gasteiger partial charge in [0.1, 0.15) is 13.2 Å². The lowest BCUT2D eigenvalue weighted by molar-refractivity contribution is -0.166. The number of carbonyl (C=O) groups is 3. The molecule has 1 unspecified atom stereocenters. The number of hydrogen-bond donors (Lipinski definition) is 0. The summed E-state index contributed by atoms with van der Waals surface area (Å²) in [5.74, 6) is -1.12. The standard InChI is InChI=1S/C60H92O6/c1-4-7-10-13-16-19-22-25-27-29-30-31-33-35-38-41-44-47-50-53-59(62)65-56-57(55-64-58(61)52-49-46-43-40-37-34-24-21-18-15-12-9-6-3)66-60(63)54-51-48-45-42-39-36-32-28-26-23-20-17-14-11-8-5-2/h7,9-10,12,15-16,18-19,21,24-25,27-28,30-32,34-35,37-38,40,43-44,47,57H,4-6,8,11,13-14,17,20,22-23,26,29,33,36,39,41-42,45-46,48-56H2,1-3H3/b10-7+,12-9+,18-15+,19-16+,24-21+,27-25+,31-30+,32-28+,37-34+,38-35+,43-40+,47-44+. The van der Waals surface area contributed by atoms with Crippen LogP contribution in [0.5, 0.6) is 0 Å². The van der Waals surface area contributed by atoms with Crippen LogP contribution in [0.1, 0.15) is 194 Å². The van der Waals surface area contributed by atoms with E-state index in [2.05, 4.69) is 99.8 Å². The van der Waals surface area contributed by atoms with E-state index >= 15 is 0 Å². The summed E-state index contributed by atoms with van der Waals surface area (Å²) >= 11 is 0. The van der Waals surface area contributed by atoms with Gasteiger partial charge in [0.15, 0.2) is 6.10 Å². The maximum Gasteiger partial charge on any atom is 0.306 e. The number of unbranched alkanes of at least 4 members (excludes halogenated alkanes) is 13. The molecule has 0 amide bonds. The highest BCUT2D eigenvalue weighted by Gasteiger charge is 2.19. The predicted molar refractivity (Wildman–Crippen MR) is 283 cm³/mol. The average molecular weight is 909 g/mol. The lowest BCUT2D eigenvalue weighted by Gasteiger charge is -2.18. The molecule has 0 fully saturated rings. The summed E-state index contributed by atoms with van der Waals surface area (Å²) in [6.07, 6.45) is 75.7. The Kier molecular flexibility index (Phi) is 49.1. The van der Waals surface area contributed by atoms with Crippen LogP contribution in [0.15, 0.2) is 146 Å². The fourth-order valence-electron chi connectivity index (χ4n) is 6.37. The molecular formula is C60H92O6. The molecule has 368 valence electrons. The normalized spacial score (nSPS) is 13.3. The van der Waals surface area contributed by atoms with Gasteiger partial charge >= 0.3 is 17.9 Å². The van der Waals surface area contributed by atoms with Crippen molar-refractivity contribution in [3.05, 3.63) is 146 Å². The maximum atomic E-state index is 12.8. The van der Waals surface area contributed by atoms with Crippen LogP contribution in [-0.2, 0) is 28.6 Å². The van der Waals surface area contributed by atoms with E-state index in [1.54, 1.807) is 0 Å². The van der Waals surface area contributed by atoms with Crippen molar-refractivity contribution in [1.29, 1.82) is 0 Å². The maximum absolute atomic E-state index is 12.8. The van der Waals surface area contributed by atoms with Gasteiger partial charge in [-0.15, -0.1) is 0 Å². The molecule has 0 saturated carbocycles. The van der Waals surface area contributed by atoms with Crippen molar-refractivity contribution < 1.29 is 28.6 Å². The van der Waals surface area contributed by atoms with E-state index in [0.29, 0.717) is 12.8 Å². The molecule has 0 rings (SSSR count). The first-order chi connectivity index (χ1) is 32.5. The molecule has 0 aromatic heterocycles. The lowest BCUT2D eigenvalue weighted by atomic mass is 10.1. The molecule has 0 radical (unpaired) electrons. The molecule has 6 heteroatoms. The van der Waals surface area contributed by atoms with Gasteiger partial charge in [-0.3, -0.25) is 14.4 Å². The Morgan fingerprint density at radius 2 is 0.712 bits per heavy atom. The van der Waals surface area contributed by atoms with Crippen molar-refractivity contribution in [3.63, 3.8) is 0 Å². The smallest absolute Gasteiger partial charge is 0.306 e. The second kappa shape index (κ2) is 52.9. The lowest BCUT2D eigenvalue weighted by Crippen LogP contribution is -2.30.